The van der Waals surface area contributed by atoms with Gasteiger partial charge in [-0.05, 0) is 61.9 Å². The van der Waals surface area contributed by atoms with Crippen molar-refractivity contribution in [1.82, 2.24) is 14.5 Å². The summed E-state index contributed by atoms with van der Waals surface area (Å²) in [5.41, 5.74) is 5.26. The highest BCUT2D eigenvalue weighted by Gasteiger charge is 2.33. The third kappa shape index (κ3) is 7.12. The molecule has 0 radical (unpaired) electrons. The molecule has 224 valence electrons. The van der Waals surface area contributed by atoms with Gasteiger partial charge in [-0.15, -0.1) is 11.8 Å². The SMILES string of the molecule is CC(C)(C)Sc1c(CC(C)(C)C(=O)O)n(Cc2ccc(-c3ccc(C#N)cn3)cc2)c2ccc(OCc3ccccn3)cc12. The van der Waals surface area contributed by atoms with Crippen molar-refractivity contribution in [3.8, 4) is 23.1 Å². The summed E-state index contributed by atoms with van der Waals surface area (Å²) < 4.78 is 8.31. The number of aromatic nitrogens is 3. The van der Waals surface area contributed by atoms with Gasteiger partial charge in [0.2, 0.25) is 0 Å². The first-order valence-electron chi connectivity index (χ1n) is 14.5. The molecule has 44 heavy (non-hydrogen) atoms. The summed E-state index contributed by atoms with van der Waals surface area (Å²) in [6.45, 7) is 11.0. The Hall–Kier alpha value is -4.61. The van der Waals surface area contributed by atoms with E-state index < -0.39 is 11.4 Å². The lowest BCUT2D eigenvalue weighted by molar-refractivity contribution is -0.146. The van der Waals surface area contributed by atoms with E-state index in [0.29, 0.717) is 25.1 Å². The number of fused-ring (bicyclic) bond motifs is 1. The van der Waals surface area contributed by atoms with Crippen LogP contribution in [0.15, 0.2) is 90.1 Å². The standard InChI is InChI=1S/C36H36N4O3S/c1-35(2,3)44-33-29-18-28(43-23-27-8-6-7-17-38-27)14-16-31(29)40(32(33)19-36(4,5)34(41)42)22-24-9-12-26(13-10-24)30-15-11-25(20-37)21-39-30/h6-18,21H,19,22-23H2,1-5H3,(H,41,42). The average Bonchev–Trinajstić information content (AvgIpc) is 3.26. The van der Waals surface area contributed by atoms with E-state index >= 15 is 0 Å². The fourth-order valence-electron chi connectivity index (χ4n) is 4.95. The summed E-state index contributed by atoms with van der Waals surface area (Å²) >= 11 is 1.75. The van der Waals surface area contributed by atoms with Crippen molar-refractivity contribution in [3.63, 3.8) is 0 Å². The summed E-state index contributed by atoms with van der Waals surface area (Å²) in [6.07, 6.45) is 3.70. The Kier molecular flexibility index (Phi) is 8.80. The molecule has 0 fully saturated rings. The van der Waals surface area contributed by atoms with E-state index in [1.54, 1.807) is 44.1 Å². The van der Waals surface area contributed by atoms with Crippen LogP contribution in [0.25, 0.3) is 22.2 Å². The lowest BCUT2D eigenvalue weighted by atomic mass is 9.88. The van der Waals surface area contributed by atoms with Crippen molar-refractivity contribution in [2.24, 2.45) is 5.41 Å². The number of rotatable bonds is 10. The molecule has 0 aliphatic heterocycles. The second kappa shape index (κ2) is 12.6. The maximum atomic E-state index is 12.3. The highest BCUT2D eigenvalue weighted by atomic mass is 32.2. The van der Waals surface area contributed by atoms with Crippen LogP contribution in [0.2, 0.25) is 0 Å². The van der Waals surface area contributed by atoms with Gasteiger partial charge < -0.3 is 14.4 Å². The van der Waals surface area contributed by atoms with Crippen LogP contribution in [-0.4, -0.2) is 30.4 Å². The average molecular weight is 605 g/mol. The molecular weight excluding hydrogens is 568 g/mol. The Morgan fingerprint density at radius 1 is 1.00 bits per heavy atom. The van der Waals surface area contributed by atoms with Gasteiger partial charge in [-0.2, -0.15) is 5.26 Å². The van der Waals surface area contributed by atoms with E-state index in [1.807, 2.05) is 42.5 Å². The zero-order valence-corrected chi connectivity index (χ0v) is 26.5. The van der Waals surface area contributed by atoms with E-state index in [1.165, 1.54) is 0 Å². The minimum atomic E-state index is -0.969. The Labute approximate surface area is 262 Å². The molecule has 0 aliphatic carbocycles. The molecule has 0 bridgehead atoms. The van der Waals surface area contributed by atoms with E-state index in [2.05, 4.69) is 65.6 Å². The second-order valence-electron chi connectivity index (χ2n) is 12.5. The normalized spacial score (nSPS) is 11.8. The predicted molar refractivity (Wildman–Crippen MR) is 175 cm³/mol. The first kappa shape index (κ1) is 30.8. The van der Waals surface area contributed by atoms with Crippen LogP contribution in [0.4, 0.5) is 0 Å². The van der Waals surface area contributed by atoms with Crippen LogP contribution in [0.1, 0.15) is 57.1 Å². The van der Waals surface area contributed by atoms with Gasteiger partial charge in [0.25, 0.3) is 0 Å². The van der Waals surface area contributed by atoms with Gasteiger partial charge in [-0.3, -0.25) is 14.8 Å². The predicted octanol–water partition coefficient (Wildman–Crippen LogP) is 8.14. The van der Waals surface area contributed by atoms with Crippen LogP contribution in [0, 0.1) is 16.7 Å². The minimum Gasteiger partial charge on any atom is -0.487 e. The molecule has 2 aromatic carbocycles. The molecule has 3 heterocycles. The Morgan fingerprint density at radius 2 is 1.77 bits per heavy atom. The Morgan fingerprint density at radius 3 is 2.39 bits per heavy atom. The fourth-order valence-corrected chi connectivity index (χ4v) is 6.14. The smallest absolute Gasteiger partial charge is 0.309 e. The number of aliphatic carboxylic acids is 1. The van der Waals surface area contributed by atoms with Crippen molar-refractivity contribution in [2.45, 2.75) is 63.8 Å². The van der Waals surface area contributed by atoms with Gasteiger partial charge in [0.05, 0.1) is 22.4 Å². The van der Waals surface area contributed by atoms with Crippen molar-refractivity contribution >= 4 is 28.6 Å². The molecule has 5 rings (SSSR count). The molecule has 0 saturated heterocycles. The molecular formula is C36H36N4O3S. The number of nitrogens with zero attached hydrogens (tertiary/aromatic N) is 4. The number of ether oxygens (including phenoxy) is 1. The van der Waals surface area contributed by atoms with Gasteiger partial charge in [-0.25, -0.2) is 0 Å². The molecule has 8 heteroatoms. The first-order chi connectivity index (χ1) is 20.9. The summed E-state index contributed by atoms with van der Waals surface area (Å²) in [6, 6.07) is 25.8. The number of hydrogen-bond acceptors (Lipinski definition) is 6. The van der Waals surface area contributed by atoms with Crippen molar-refractivity contribution in [2.75, 3.05) is 0 Å². The number of carboxylic acids is 1. The lowest BCUT2D eigenvalue weighted by Crippen LogP contribution is -2.28. The fraction of sp³-hybridized carbons (Fsp3) is 0.278. The lowest BCUT2D eigenvalue weighted by Gasteiger charge is -2.24. The molecule has 3 aromatic heterocycles. The van der Waals surface area contributed by atoms with Gasteiger partial charge in [-0.1, -0.05) is 51.1 Å². The van der Waals surface area contributed by atoms with E-state index in [9.17, 15) is 9.90 Å². The van der Waals surface area contributed by atoms with E-state index in [-0.39, 0.29) is 4.75 Å². The first-order valence-corrected chi connectivity index (χ1v) is 15.3. The van der Waals surface area contributed by atoms with Gasteiger partial charge in [0.1, 0.15) is 18.4 Å². The largest absolute Gasteiger partial charge is 0.487 e. The molecule has 7 nitrogen and oxygen atoms in total. The van der Waals surface area contributed by atoms with Gasteiger partial charge in [0.15, 0.2) is 0 Å². The molecule has 0 amide bonds. The zero-order valence-electron chi connectivity index (χ0n) is 25.7. The van der Waals surface area contributed by atoms with Crippen LogP contribution in [-0.2, 0) is 24.4 Å². The number of carboxylic acid groups (broad SMARTS) is 1. The zero-order chi connectivity index (χ0) is 31.5. The molecule has 5 aromatic rings. The molecule has 1 N–H and O–H groups in total. The topological polar surface area (TPSA) is 101 Å². The molecule has 0 unspecified atom stereocenters. The molecule has 0 aliphatic rings. The monoisotopic (exact) mass is 604 g/mol. The maximum Gasteiger partial charge on any atom is 0.309 e. The third-order valence-corrected chi connectivity index (χ3v) is 8.56. The Bertz CT molecular complexity index is 1820. The quantitative estimate of drug-likeness (QED) is 0.161. The van der Waals surface area contributed by atoms with Crippen LogP contribution >= 0.6 is 11.8 Å². The number of benzene rings is 2. The van der Waals surface area contributed by atoms with Gasteiger partial charge >= 0.3 is 5.97 Å². The number of nitriles is 1. The highest BCUT2D eigenvalue weighted by Crippen LogP contribution is 2.44. The molecule has 0 atom stereocenters. The second-order valence-corrected chi connectivity index (χ2v) is 14.3. The molecule has 0 spiro atoms. The van der Waals surface area contributed by atoms with Crippen molar-refractivity contribution in [3.05, 3.63) is 108 Å². The number of thioether (sulfide) groups is 1. The number of pyridine rings is 2. The summed E-state index contributed by atoms with van der Waals surface area (Å²) in [4.78, 5) is 22.2. The Balaban J connectivity index is 1.57. The number of hydrogen-bond donors (Lipinski definition) is 1. The summed E-state index contributed by atoms with van der Waals surface area (Å²) in [5.74, 6) is -0.0981. The van der Waals surface area contributed by atoms with Crippen molar-refractivity contribution < 1.29 is 14.6 Å². The highest BCUT2D eigenvalue weighted by molar-refractivity contribution is 8.00. The van der Waals surface area contributed by atoms with Gasteiger partial charge in [0, 0.05) is 57.2 Å². The van der Waals surface area contributed by atoms with E-state index in [0.717, 1.165) is 49.8 Å². The van der Waals surface area contributed by atoms with Crippen LogP contribution < -0.4 is 4.74 Å². The molecule has 0 saturated carbocycles. The van der Waals surface area contributed by atoms with E-state index in [4.69, 9.17) is 10.00 Å². The third-order valence-electron chi connectivity index (χ3n) is 7.28. The number of carbonyl (C=O) groups is 1. The van der Waals surface area contributed by atoms with Crippen LogP contribution in [0.5, 0.6) is 5.75 Å². The minimum absolute atomic E-state index is 0.109. The summed E-state index contributed by atoms with van der Waals surface area (Å²) in [5, 5.41) is 20.2. The van der Waals surface area contributed by atoms with Crippen molar-refractivity contribution in [1.29, 1.82) is 5.26 Å². The maximum absolute atomic E-state index is 12.3. The summed E-state index contributed by atoms with van der Waals surface area (Å²) in [7, 11) is 0. The van der Waals surface area contributed by atoms with Crippen LogP contribution in [0.3, 0.4) is 0 Å².